The SMILES string of the molecule is COC(=O)c1ccc(NC(=O)c2cc(N3CCNC(=O)C3)ccn2)cn1. The molecule has 1 saturated heterocycles. The smallest absolute Gasteiger partial charge is 0.356 e. The molecule has 2 amide bonds. The third-order valence-corrected chi connectivity index (χ3v) is 3.80. The van der Waals surface area contributed by atoms with E-state index in [1.165, 1.54) is 25.6 Å². The van der Waals surface area contributed by atoms with E-state index in [-0.39, 0.29) is 23.8 Å². The molecule has 2 N–H and O–H groups in total. The number of anilines is 2. The summed E-state index contributed by atoms with van der Waals surface area (Å²) < 4.78 is 4.57. The highest BCUT2D eigenvalue weighted by Crippen LogP contribution is 2.16. The van der Waals surface area contributed by atoms with Gasteiger partial charge in [0.05, 0.1) is 25.5 Å². The summed E-state index contributed by atoms with van der Waals surface area (Å²) in [5.74, 6) is -1.03. The van der Waals surface area contributed by atoms with Gasteiger partial charge in [0.15, 0.2) is 0 Å². The summed E-state index contributed by atoms with van der Waals surface area (Å²) in [4.78, 5) is 45.2. The van der Waals surface area contributed by atoms with E-state index in [4.69, 9.17) is 0 Å². The molecule has 2 aromatic heterocycles. The first kappa shape index (κ1) is 17.3. The molecule has 2 aromatic rings. The number of piperazine rings is 1. The Kier molecular flexibility index (Phi) is 5.07. The molecule has 0 atom stereocenters. The lowest BCUT2D eigenvalue weighted by Gasteiger charge is -2.28. The van der Waals surface area contributed by atoms with Gasteiger partial charge >= 0.3 is 5.97 Å². The number of hydrogen-bond donors (Lipinski definition) is 2. The summed E-state index contributed by atoms with van der Waals surface area (Å²) in [5, 5.41) is 5.42. The lowest BCUT2D eigenvalue weighted by Crippen LogP contribution is -2.47. The molecule has 9 heteroatoms. The number of methoxy groups -OCH3 is 1. The average Bonchev–Trinajstić information content (AvgIpc) is 2.68. The van der Waals surface area contributed by atoms with Gasteiger partial charge in [-0.25, -0.2) is 9.78 Å². The maximum absolute atomic E-state index is 12.4. The molecular weight excluding hydrogens is 338 g/mol. The van der Waals surface area contributed by atoms with E-state index in [2.05, 4.69) is 25.3 Å². The fourth-order valence-electron chi connectivity index (χ4n) is 2.49. The Morgan fingerprint density at radius 2 is 2.08 bits per heavy atom. The lowest BCUT2D eigenvalue weighted by atomic mass is 10.2. The third-order valence-electron chi connectivity index (χ3n) is 3.80. The van der Waals surface area contributed by atoms with Crippen LogP contribution in [0, 0.1) is 0 Å². The topological polar surface area (TPSA) is 114 Å². The molecule has 3 rings (SSSR count). The van der Waals surface area contributed by atoms with Crippen LogP contribution in [0.4, 0.5) is 11.4 Å². The maximum atomic E-state index is 12.4. The maximum Gasteiger partial charge on any atom is 0.356 e. The van der Waals surface area contributed by atoms with Gasteiger partial charge in [-0.15, -0.1) is 0 Å². The van der Waals surface area contributed by atoms with E-state index >= 15 is 0 Å². The number of pyridine rings is 2. The van der Waals surface area contributed by atoms with Crippen molar-refractivity contribution in [3.8, 4) is 0 Å². The third kappa shape index (κ3) is 3.94. The molecular formula is C17H17N5O4. The Morgan fingerprint density at radius 1 is 1.23 bits per heavy atom. The summed E-state index contributed by atoms with van der Waals surface area (Å²) in [6, 6.07) is 6.39. The summed E-state index contributed by atoms with van der Waals surface area (Å²) in [6.45, 7) is 1.46. The Hall–Kier alpha value is -3.49. The largest absolute Gasteiger partial charge is 0.464 e. The van der Waals surface area contributed by atoms with Crippen LogP contribution in [0.25, 0.3) is 0 Å². The van der Waals surface area contributed by atoms with Crippen molar-refractivity contribution in [1.29, 1.82) is 0 Å². The molecule has 1 aliphatic rings. The highest BCUT2D eigenvalue weighted by atomic mass is 16.5. The van der Waals surface area contributed by atoms with Crippen molar-refractivity contribution >= 4 is 29.2 Å². The molecule has 1 fully saturated rings. The number of nitrogens with zero attached hydrogens (tertiary/aromatic N) is 3. The first-order valence-electron chi connectivity index (χ1n) is 7.90. The van der Waals surface area contributed by atoms with Crippen molar-refractivity contribution in [2.24, 2.45) is 0 Å². The van der Waals surface area contributed by atoms with Gasteiger partial charge in [-0.3, -0.25) is 14.6 Å². The van der Waals surface area contributed by atoms with Crippen molar-refractivity contribution in [3.05, 3.63) is 48.0 Å². The van der Waals surface area contributed by atoms with Crippen LogP contribution in [0.1, 0.15) is 21.0 Å². The van der Waals surface area contributed by atoms with Crippen molar-refractivity contribution in [2.75, 3.05) is 37.0 Å². The minimum absolute atomic E-state index is 0.0594. The van der Waals surface area contributed by atoms with Gasteiger partial charge in [0.1, 0.15) is 11.4 Å². The van der Waals surface area contributed by atoms with Crippen molar-refractivity contribution in [2.45, 2.75) is 0 Å². The second-order valence-corrected chi connectivity index (χ2v) is 5.55. The molecule has 0 unspecified atom stereocenters. The number of esters is 1. The minimum atomic E-state index is -0.553. The molecule has 26 heavy (non-hydrogen) atoms. The number of carbonyl (C=O) groups is 3. The Morgan fingerprint density at radius 3 is 2.77 bits per heavy atom. The molecule has 0 spiro atoms. The van der Waals surface area contributed by atoms with Crippen LogP contribution in [-0.4, -0.2) is 54.5 Å². The van der Waals surface area contributed by atoms with E-state index in [0.717, 1.165) is 5.69 Å². The molecule has 134 valence electrons. The van der Waals surface area contributed by atoms with Crippen LogP contribution in [0.3, 0.4) is 0 Å². The monoisotopic (exact) mass is 355 g/mol. The molecule has 0 radical (unpaired) electrons. The summed E-state index contributed by atoms with van der Waals surface area (Å²) >= 11 is 0. The van der Waals surface area contributed by atoms with Crippen LogP contribution in [0.15, 0.2) is 36.7 Å². The highest BCUT2D eigenvalue weighted by Gasteiger charge is 2.18. The van der Waals surface area contributed by atoms with Gasteiger partial charge in [0.2, 0.25) is 5.91 Å². The molecule has 0 aromatic carbocycles. The van der Waals surface area contributed by atoms with Crippen LogP contribution in [-0.2, 0) is 9.53 Å². The zero-order chi connectivity index (χ0) is 18.5. The Labute approximate surface area is 149 Å². The predicted octanol–water partition coefficient (Wildman–Crippen LogP) is 0.452. The lowest BCUT2D eigenvalue weighted by molar-refractivity contribution is -0.120. The Balaban J connectivity index is 1.71. The highest BCUT2D eigenvalue weighted by molar-refractivity contribution is 6.03. The molecule has 0 saturated carbocycles. The fraction of sp³-hybridized carbons (Fsp3) is 0.235. The quantitative estimate of drug-likeness (QED) is 0.766. The van der Waals surface area contributed by atoms with Gasteiger partial charge in [-0.2, -0.15) is 0 Å². The van der Waals surface area contributed by atoms with E-state index < -0.39 is 11.9 Å². The van der Waals surface area contributed by atoms with E-state index in [1.807, 2.05) is 4.90 Å². The van der Waals surface area contributed by atoms with Crippen molar-refractivity contribution in [3.63, 3.8) is 0 Å². The van der Waals surface area contributed by atoms with Crippen LogP contribution >= 0.6 is 0 Å². The van der Waals surface area contributed by atoms with Gasteiger partial charge in [-0.1, -0.05) is 0 Å². The number of aromatic nitrogens is 2. The van der Waals surface area contributed by atoms with Gasteiger partial charge in [-0.05, 0) is 24.3 Å². The summed E-state index contributed by atoms with van der Waals surface area (Å²) in [6.07, 6.45) is 2.89. The second-order valence-electron chi connectivity index (χ2n) is 5.55. The Bertz CT molecular complexity index is 837. The van der Waals surface area contributed by atoms with Crippen LogP contribution < -0.4 is 15.5 Å². The van der Waals surface area contributed by atoms with E-state index in [1.54, 1.807) is 18.2 Å². The number of hydrogen-bond acceptors (Lipinski definition) is 7. The number of nitrogens with one attached hydrogen (secondary N) is 2. The second kappa shape index (κ2) is 7.60. The zero-order valence-corrected chi connectivity index (χ0v) is 14.1. The molecule has 1 aliphatic heterocycles. The average molecular weight is 355 g/mol. The minimum Gasteiger partial charge on any atom is -0.464 e. The first-order valence-corrected chi connectivity index (χ1v) is 7.90. The number of amides is 2. The van der Waals surface area contributed by atoms with Gasteiger partial charge in [0, 0.05) is 25.0 Å². The number of ether oxygens (including phenoxy) is 1. The number of rotatable bonds is 4. The summed E-state index contributed by atoms with van der Waals surface area (Å²) in [7, 11) is 1.27. The van der Waals surface area contributed by atoms with E-state index in [0.29, 0.717) is 18.8 Å². The normalized spacial score (nSPS) is 13.7. The van der Waals surface area contributed by atoms with Crippen LogP contribution in [0.2, 0.25) is 0 Å². The van der Waals surface area contributed by atoms with Crippen molar-refractivity contribution < 1.29 is 19.1 Å². The first-order chi connectivity index (χ1) is 12.6. The molecule has 0 aliphatic carbocycles. The summed E-state index contributed by atoms with van der Waals surface area (Å²) in [5.41, 5.74) is 1.53. The molecule has 3 heterocycles. The van der Waals surface area contributed by atoms with Gasteiger partial charge in [0.25, 0.3) is 5.91 Å². The van der Waals surface area contributed by atoms with E-state index in [9.17, 15) is 14.4 Å². The van der Waals surface area contributed by atoms with Crippen molar-refractivity contribution in [1.82, 2.24) is 15.3 Å². The standard InChI is InChI=1S/C17H17N5O4/c1-26-17(25)13-3-2-11(9-20-13)21-16(24)14-8-12(4-5-18-14)22-7-6-19-15(23)10-22/h2-5,8-9H,6-7,10H2,1H3,(H,19,23)(H,21,24). The predicted molar refractivity (Wildman–Crippen MR) is 93.0 cm³/mol. The van der Waals surface area contributed by atoms with Gasteiger partial charge < -0.3 is 20.3 Å². The fourth-order valence-corrected chi connectivity index (χ4v) is 2.49. The molecule has 0 bridgehead atoms. The molecule has 9 nitrogen and oxygen atoms in total. The van der Waals surface area contributed by atoms with Crippen LogP contribution in [0.5, 0.6) is 0 Å². The zero-order valence-electron chi connectivity index (χ0n) is 14.1. The number of carbonyl (C=O) groups excluding carboxylic acids is 3.